The van der Waals surface area contributed by atoms with E-state index in [1.807, 2.05) is 60.7 Å². The van der Waals surface area contributed by atoms with Crippen LogP contribution in [0.2, 0.25) is 0 Å². The summed E-state index contributed by atoms with van der Waals surface area (Å²) < 4.78 is 83.0. The fraction of sp³-hybridized carbons (Fsp3) is 0. The number of para-hydroxylation sites is 1. The van der Waals surface area contributed by atoms with Crippen molar-refractivity contribution in [1.82, 2.24) is 0 Å². The Morgan fingerprint density at radius 1 is 0.405 bits per heavy atom. The maximum absolute atomic E-state index is 9.10. The Hall–Kier alpha value is -5.60. The van der Waals surface area contributed by atoms with Gasteiger partial charge in [0.15, 0.2) is 0 Å². The molecule has 0 unspecified atom stereocenters. The minimum absolute atomic E-state index is 0.179. The molecule has 196 valence electrons. The summed E-state index contributed by atoms with van der Waals surface area (Å²) in [6.45, 7) is 0. The molecule has 0 atom stereocenters. The van der Waals surface area contributed by atoms with Crippen molar-refractivity contribution in [3.05, 3.63) is 145 Å². The summed E-state index contributed by atoms with van der Waals surface area (Å²) in [4.78, 5) is 0. The third-order valence-corrected chi connectivity index (χ3v) is 7.91. The molecule has 9 aromatic rings. The molecule has 0 spiro atoms. The third kappa shape index (κ3) is 3.45. The lowest BCUT2D eigenvalue weighted by atomic mass is 9.86. The first-order valence-electron chi connectivity index (χ1n) is 17.6. The highest BCUT2D eigenvalue weighted by atomic mass is 16.3. The Morgan fingerprint density at radius 3 is 1.64 bits per heavy atom. The van der Waals surface area contributed by atoms with Gasteiger partial charge in [0, 0.05) is 21.7 Å². The Kier molecular flexibility index (Phi) is 3.54. The molecule has 0 radical (unpaired) electrons. The van der Waals surface area contributed by atoms with Crippen molar-refractivity contribution < 1.29 is 19.8 Å². The first kappa shape index (κ1) is 16.6. The van der Waals surface area contributed by atoms with E-state index in [2.05, 4.69) is 0 Å². The van der Waals surface area contributed by atoms with Crippen LogP contribution in [0.4, 0.5) is 0 Å². The predicted molar refractivity (Wildman–Crippen MR) is 175 cm³/mol. The van der Waals surface area contributed by atoms with E-state index < -0.39 is 24.2 Å². The van der Waals surface area contributed by atoms with Gasteiger partial charge >= 0.3 is 0 Å². The van der Waals surface area contributed by atoms with E-state index in [0.717, 1.165) is 32.9 Å². The summed E-state index contributed by atoms with van der Waals surface area (Å²) in [5.41, 5.74) is 4.75. The molecule has 0 fully saturated rings. The summed E-state index contributed by atoms with van der Waals surface area (Å²) >= 11 is 0. The number of fused-ring (bicyclic) bond motifs is 6. The smallest absolute Gasteiger partial charge is 0.136 e. The lowest BCUT2D eigenvalue weighted by Gasteiger charge is -2.17. The van der Waals surface area contributed by atoms with Gasteiger partial charge in [-0.25, -0.2) is 0 Å². The number of hydrogen-bond donors (Lipinski definition) is 0. The van der Waals surface area contributed by atoms with Gasteiger partial charge in [0.05, 0.1) is 11.0 Å². The SMILES string of the molecule is [2H]c1c([2H])c([2H])c2c(-c3ccc(-c4cc5cc6oc7ccccc7c6cc5o4)cc3)c3c([2H])c([2H])c([2H])c([2H])c3c(-c3ccccc3)c2c1[2H]. The fourth-order valence-corrected chi connectivity index (χ4v) is 6.01. The van der Waals surface area contributed by atoms with E-state index in [4.69, 9.17) is 19.8 Å². The Morgan fingerprint density at radius 2 is 0.976 bits per heavy atom. The van der Waals surface area contributed by atoms with E-state index in [-0.39, 0.29) is 45.7 Å². The molecule has 7 aromatic carbocycles. The van der Waals surface area contributed by atoms with Crippen molar-refractivity contribution in [2.75, 3.05) is 0 Å². The van der Waals surface area contributed by atoms with Gasteiger partial charge in [-0.1, -0.05) is 121 Å². The van der Waals surface area contributed by atoms with E-state index in [1.165, 1.54) is 0 Å². The minimum Gasteiger partial charge on any atom is -0.456 e. The first-order chi connectivity index (χ1) is 24.1. The standard InChI is InChI=1S/C40H24O2/c1-2-10-26(11-3-1)39-30-13-4-6-15-32(30)40(33-16-7-5-14-31(33)39)27-20-18-25(19-21-27)36-22-28-23-38-34(24-37(28)42-36)29-12-8-9-17-35(29)41-38/h1-24H/i4D,5D,6D,7D,13D,14D,15D,16D. The molecule has 2 aromatic heterocycles. The molecule has 9 rings (SSSR count). The molecule has 42 heavy (non-hydrogen) atoms. The third-order valence-electron chi connectivity index (χ3n) is 7.91. The van der Waals surface area contributed by atoms with Gasteiger partial charge in [0.25, 0.3) is 0 Å². The van der Waals surface area contributed by atoms with E-state index in [1.54, 1.807) is 36.4 Å². The van der Waals surface area contributed by atoms with E-state index in [9.17, 15) is 0 Å². The number of benzene rings is 7. The van der Waals surface area contributed by atoms with Crippen LogP contribution >= 0.6 is 0 Å². The normalized spacial score (nSPS) is 14.5. The molecule has 0 aliphatic heterocycles. The van der Waals surface area contributed by atoms with Gasteiger partial charge in [0.1, 0.15) is 22.5 Å². The molecular formula is C40H24O2. The van der Waals surface area contributed by atoms with Crippen LogP contribution in [0.5, 0.6) is 0 Å². The zero-order valence-electron chi connectivity index (χ0n) is 30.1. The van der Waals surface area contributed by atoms with Crippen molar-refractivity contribution in [3.63, 3.8) is 0 Å². The second-order valence-electron chi connectivity index (χ2n) is 10.3. The molecule has 2 heterocycles. The Balaban J connectivity index is 1.32. The summed E-state index contributed by atoms with van der Waals surface area (Å²) in [5.74, 6) is 0.612. The highest BCUT2D eigenvalue weighted by Crippen LogP contribution is 2.44. The van der Waals surface area contributed by atoms with E-state index in [0.29, 0.717) is 33.6 Å². The second kappa shape index (κ2) is 8.95. The lowest BCUT2D eigenvalue weighted by molar-refractivity contribution is 0.631. The van der Waals surface area contributed by atoms with E-state index >= 15 is 0 Å². The van der Waals surface area contributed by atoms with Crippen molar-refractivity contribution in [2.24, 2.45) is 0 Å². The van der Waals surface area contributed by atoms with Crippen molar-refractivity contribution in [1.29, 1.82) is 0 Å². The van der Waals surface area contributed by atoms with Crippen LogP contribution in [0.1, 0.15) is 11.0 Å². The number of rotatable bonds is 3. The van der Waals surface area contributed by atoms with Gasteiger partial charge in [-0.15, -0.1) is 0 Å². The zero-order valence-corrected chi connectivity index (χ0v) is 22.1. The van der Waals surface area contributed by atoms with Gasteiger partial charge in [-0.3, -0.25) is 0 Å². The maximum atomic E-state index is 9.10. The molecule has 2 heteroatoms. The van der Waals surface area contributed by atoms with Crippen LogP contribution in [-0.2, 0) is 0 Å². The molecular weight excluding hydrogens is 512 g/mol. The van der Waals surface area contributed by atoms with Crippen LogP contribution in [0.15, 0.2) is 154 Å². The van der Waals surface area contributed by atoms with Crippen LogP contribution in [0.3, 0.4) is 0 Å². The Labute approximate surface area is 253 Å². The first-order valence-corrected chi connectivity index (χ1v) is 13.6. The second-order valence-corrected chi connectivity index (χ2v) is 10.3. The summed E-state index contributed by atoms with van der Waals surface area (Å²) in [7, 11) is 0. The van der Waals surface area contributed by atoms with Crippen LogP contribution in [-0.4, -0.2) is 0 Å². The average Bonchev–Trinajstić information content (AvgIpc) is 3.73. The lowest BCUT2D eigenvalue weighted by Crippen LogP contribution is -1.90. The Bertz CT molecular complexity index is 2810. The topological polar surface area (TPSA) is 26.3 Å². The molecule has 0 saturated carbocycles. The fourth-order valence-electron chi connectivity index (χ4n) is 6.01. The van der Waals surface area contributed by atoms with Gasteiger partial charge in [-0.05, 0) is 68.1 Å². The molecule has 2 nitrogen and oxygen atoms in total. The quantitative estimate of drug-likeness (QED) is 0.207. The summed E-state index contributed by atoms with van der Waals surface area (Å²) in [5, 5.41) is 3.56. The maximum Gasteiger partial charge on any atom is 0.136 e. The zero-order chi connectivity index (χ0) is 34.6. The largest absolute Gasteiger partial charge is 0.456 e. The molecule has 0 aliphatic carbocycles. The molecule has 0 saturated heterocycles. The number of furan rings is 2. The van der Waals surface area contributed by atoms with Crippen LogP contribution < -0.4 is 0 Å². The highest BCUT2D eigenvalue weighted by molar-refractivity contribution is 6.21. The van der Waals surface area contributed by atoms with Gasteiger partial charge < -0.3 is 8.83 Å². The molecule has 0 aliphatic rings. The highest BCUT2D eigenvalue weighted by Gasteiger charge is 2.17. The minimum atomic E-state index is -0.430. The monoisotopic (exact) mass is 544 g/mol. The van der Waals surface area contributed by atoms with Gasteiger partial charge in [-0.2, -0.15) is 0 Å². The summed E-state index contributed by atoms with van der Waals surface area (Å²) in [6.07, 6.45) is 0. The van der Waals surface area contributed by atoms with Crippen LogP contribution in [0.25, 0.3) is 88.0 Å². The average molecular weight is 545 g/mol. The summed E-state index contributed by atoms with van der Waals surface area (Å²) in [6, 6.07) is 27.1. The van der Waals surface area contributed by atoms with Crippen LogP contribution in [0, 0.1) is 0 Å². The molecule has 0 N–H and O–H groups in total. The van der Waals surface area contributed by atoms with Crippen molar-refractivity contribution >= 4 is 54.5 Å². The predicted octanol–water partition coefficient (Wildman–Crippen LogP) is 11.6. The van der Waals surface area contributed by atoms with Crippen molar-refractivity contribution in [2.45, 2.75) is 0 Å². The van der Waals surface area contributed by atoms with Gasteiger partial charge in [0.2, 0.25) is 0 Å². The van der Waals surface area contributed by atoms with Crippen molar-refractivity contribution in [3.8, 4) is 33.6 Å². The number of hydrogen-bond acceptors (Lipinski definition) is 2. The molecule has 0 amide bonds. The molecule has 0 bridgehead atoms.